The zero-order chi connectivity index (χ0) is 33.1. The second-order valence-electron chi connectivity index (χ2n) is 11.9. The van der Waals surface area contributed by atoms with Gasteiger partial charge < -0.3 is 20.1 Å². The summed E-state index contributed by atoms with van der Waals surface area (Å²) in [6.45, 7) is 15.8. The number of nitriles is 1. The van der Waals surface area contributed by atoms with E-state index in [1.807, 2.05) is 45.2 Å². The molecule has 0 spiro atoms. The molecule has 0 atom stereocenters. The number of aliphatic carboxylic acids is 1. The molecular formula is C35H49N4O5+. The predicted molar refractivity (Wildman–Crippen MR) is 174 cm³/mol. The van der Waals surface area contributed by atoms with Crippen LogP contribution in [0.5, 0.6) is 0 Å². The van der Waals surface area contributed by atoms with Gasteiger partial charge in [-0.25, -0.2) is 0 Å². The summed E-state index contributed by atoms with van der Waals surface area (Å²) in [7, 11) is 1.72. The van der Waals surface area contributed by atoms with Crippen LogP contribution in [0.2, 0.25) is 0 Å². The van der Waals surface area contributed by atoms with E-state index in [0.717, 1.165) is 48.5 Å². The molecule has 44 heavy (non-hydrogen) atoms. The molecule has 0 fully saturated rings. The molecule has 0 bridgehead atoms. The van der Waals surface area contributed by atoms with E-state index in [4.69, 9.17) is 9.84 Å². The van der Waals surface area contributed by atoms with Crippen molar-refractivity contribution in [2.75, 3.05) is 20.2 Å². The number of nitro benzene ring substituents is 1. The lowest BCUT2D eigenvalue weighted by Gasteiger charge is -2.28. The fraction of sp³-hybridized carbons (Fsp3) is 0.486. The Labute approximate surface area is 262 Å². The molecule has 3 N–H and O–H groups in total. The first-order valence-corrected chi connectivity index (χ1v) is 15.4. The van der Waals surface area contributed by atoms with Crippen molar-refractivity contribution in [3.8, 4) is 6.07 Å². The largest absolute Gasteiger partial charge is 0.501 e. The standard InChI is InChI=1S/C33H42N4O5.C2H6/c1-7-19-36-29-14-12-25(42-6)21-27(29)33(4,5)30(36)15-10-23(22-34)9-8-17-32(2,3)26-20-24(37(40)41)11-13-28(26)35-18-16-31(38)39;1-2/h8-11,13,15,20-21,35H,7,12,14,16-19H2,1-6H3,(H,38,39);1-2H3/p+1/b9-8+,23-10-,30-15+;. The minimum atomic E-state index is -0.895. The number of non-ortho nitro benzene ring substituents is 1. The highest BCUT2D eigenvalue weighted by molar-refractivity contribution is 5.66. The van der Waals surface area contributed by atoms with E-state index >= 15 is 0 Å². The first-order chi connectivity index (χ1) is 20.8. The Bertz CT molecular complexity index is 1410. The summed E-state index contributed by atoms with van der Waals surface area (Å²) >= 11 is 0. The molecule has 0 amide bonds. The van der Waals surface area contributed by atoms with E-state index < -0.39 is 16.3 Å². The van der Waals surface area contributed by atoms with Gasteiger partial charge in [-0.15, -0.1) is 0 Å². The first-order valence-electron chi connectivity index (χ1n) is 15.4. The van der Waals surface area contributed by atoms with Gasteiger partial charge in [-0.05, 0) is 54.6 Å². The number of carboxylic acids is 1. The van der Waals surface area contributed by atoms with Crippen LogP contribution in [-0.4, -0.2) is 41.1 Å². The molecule has 1 aromatic carbocycles. The molecule has 0 saturated carbocycles. The van der Waals surface area contributed by atoms with Gasteiger partial charge >= 0.3 is 5.97 Å². The highest BCUT2D eigenvalue weighted by Gasteiger charge is 2.42. The lowest BCUT2D eigenvalue weighted by atomic mass is 9.80. The quantitative estimate of drug-likeness (QED) is 0.0800. The number of hydrogen-bond donors (Lipinski definition) is 2. The molecule has 0 unspecified atom stereocenters. The Hall–Kier alpha value is -4.16. The van der Waals surface area contributed by atoms with Crippen molar-refractivity contribution in [2.24, 2.45) is 5.41 Å². The Kier molecular flexibility index (Phi) is 13.2. The average molecular weight is 606 g/mol. The second-order valence-corrected chi connectivity index (χ2v) is 11.9. The number of nitrogens with zero attached hydrogens (tertiary/aromatic N) is 3. The van der Waals surface area contributed by atoms with E-state index in [1.54, 1.807) is 25.3 Å². The summed E-state index contributed by atoms with van der Waals surface area (Å²) < 4.78 is 5.56. The van der Waals surface area contributed by atoms with Crippen LogP contribution in [0.4, 0.5) is 11.4 Å². The minimum Gasteiger partial charge on any atom is -0.501 e. The molecule has 0 saturated heterocycles. The van der Waals surface area contributed by atoms with Crippen molar-refractivity contribution in [1.29, 1.82) is 5.26 Å². The van der Waals surface area contributed by atoms with Crippen LogP contribution in [-0.2, 0) is 14.9 Å². The van der Waals surface area contributed by atoms with E-state index in [2.05, 4.69) is 43.9 Å². The second kappa shape index (κ2) is 16.1. The number of carboxylic acid groups (broad SMARTS) is 1. The monoisotopic (exact) mass is 605 g/mol. The van der Waals surface area contributed by atoms with Gasteiger partial charge in [0.05, 0.1) is 42.4 Å². The molecule has 0 aromatic heterocycles. The van der Waals surface area contributed by atoms with Gasteiger partial charge in [0.15, 0.2) is 0 Å². The van der Waals surface area contributed by atoms with Crippen LogP contribution in [0, 0.1) is 26.9 Å². The number of rotatable bonds is 13. The molecule has 1 aliphatic heterocycles. The third kappa shape index (κ3) is 8.70. The van der Waals surface area contributed by atoms with Crippen molar-refractivity contribution in [3.05, 3.63) is 92.6 Å². The van der Waals surface area contributed by atoms with Crippen molar-refractivity contribution >= 4 is 17.3 Å². The number of nitrogens with two attached hydrogens (primary N) is 1. The third-order valence-electron chi connectivity index (χ3n) is 8.04. The highest BCUT2D eigenvalue weighted by Crippen LogP contribution is 2.51. The normalized spacial score (nSPS) is 17.2. The van der Waals surface area contributed by atoms with Crippen molar-refractivity contribution in [3.63, 3.8) is 0 Å². The molecular weight excluding hydrogens is 556 g/mol. The number of benzene rings is 1. The Morgan fingerprint density at radius 1 is 1.30 bits per heavy atom. The highest BCUT2D eigenvalue weighted by atomic mass is 16.6. The maximum atomic E-state index is 11.5. The van der Waals surface area contributed by atoms with Gasteiger partial charge in [0.25, 0.3) is 5.69 Å². The maximum Gasteiger partial charge on any atom is 0.309 e. The molecule has 9 heteroatoms. The molecule has 1 heterocycles. The number of ether oxygens (including phenoxy) is 1. The van der Waals surface area contributed by atoms with E-state index in [-0.39, 0.29) is 17.5 Å². The molecule has 0 radical (unpaired) electrons. The summed E-state index contributed by atoms with van der Waals surface area (Å²) in [5.41, 5.74) is 5.05. The topological polar surface area (TPSA) is 133 Å². The zero-order valence-corrected chi connectivity index (χ0v) is 27.6. The minimum absolute atomic E-state index is 0.0127. The average Bonchev–Trinajstić information content (AvgIpc) is 3.20. The third-order valence-corrected chi connectivity index (χ3v) is 8.04. The summed E-state index contributed by atoms with van der Waals surface area (Å²) in [4.78, 5) is 24.4. The van der Waals surface area contributed by atoms with Crippen molar-refractivity contribution in [1.82, 2.24) is 4.90 Å². The molecule has 2 aliphatic rings. The summed E-state index contributed by atoms with van der Waals surface area (Å²) in [6.07, 6.45) is 13.1. The number of nitro groups is 1. The number of methoxy groups -OCH3 is 1. The lowest BCUT2D eigenvalue weighted by Crippen LogP contribution is -2.79. The van der Waals surface area contributed by atoms with Crippen molar-refractivity contribution < 1.29 is 24.9 Å². The number of carbonyl (C=O) groups is 1. The smallest absolute Gasteiger partial charge is 0.309 e. The van der Waals surface area contributed by atoms with Gasteiger partial charge in [0, 0.05) is 53.5 Å². The lowest BCUT2D eigenvalue weighted by molar-refractivity contribution is -0.571. The molecule has 3 rings (SSSR count). The van der Waals surface area contributed by atoms with Gasteiger partial charge in [-0.1, -0.05) is 54.5 Å². The predicted octanol–water partition coefficient (Wildman–Crippen LogP) is 7.18. The van der Waals surface area contributed by atoms with Gasteiger partial charge in [-0.3, -0.25) is 14.9 Å². The number of allylic oxidation sites excluding steroid dienone is 9. The van der Waals surface area contributed by atoms with Crippen LogP contribution in [0.3, 0.4) is 0 Å². The van der Waals surface area contributed by atoms with Crippen LogP contribution < -0.4 is 5.32 Å². The van der Waals surface area contributed by atoms with Gasteiger partial charge in [0.2, 0.25) is 0 Å². The van der Waals surface area contributed by atoms with Gasteiger partial charge in [-0.2, -0.15) is 5.26 Å². The maximum absolute atomic E-state index is 11.5. The Morgan fingerprint density at radius 2 is 2.00 bits per heavy atom. The Balaban J connectivity index is 0.00000330. The zero-order valence-electron chi connectivity index (χ0n) is 27.6. The summed E-state index contributed by atoms with van der Waals surface area (Å²) in [6, 6.07) is 6.98. The fourth-order valence-corrected chi connectivity index (χ4v) is 5.74. The summed E-state index contributed by atoms with van der Waals surface area (Å²) in [5, 5.41) is 32.2. The molecule has 9 nitrogen and oxygen atoms in total. The number of quaternary nitrogens is 1. The molecule has 1 aromatic rings. The molecule has 238 valence electrons. The van der Waals surface area contributed by atoms with E-state index in [1.165, 1.54) is 17.3 Å². The van der Waals surface area contributed by atoms with Crippen LogP contribution in [0.15, 0.2) is 76.9 Å². The fourth-order valence-electron chi connectivity index (χ4n) is 5.74. The van der Waals surface area contributed by atoms with Crippen LogP contribution in [0.25, 0.3) is 0 Å². The Morgan fingerprint density at radius 3 is 2.59 bits per heavy atom. The van der Waals surface area contributed by atoms with E-state index in [0.29, 0.717) is 18.5 Å². The van der Waals surface area contributed by atoms with E-state index in [9.17, 15) is 20.2 Å². The SMILES string of the molecule is CC.CCCN1C2=C(C=C(OC)CC2)C(C)(C)\C1=C/C=C(C#N)/C=C/CC(C)(C)c1cc([N+](=O)[O-])ccc1[NH2+]CCC(=O)O. The van der Waals surface area contributed by atoms with Crippen molar-refractivity contribution in [2.45, 2.75) is 86.0 Å². The number of hydrogen-bond acceptors (Lipinski definition) is 6. The first kappa shape index (κ1) is 36.0. The van der Waals surface area contributed by atoms with Gasteiger partial charge in [0.1, 0.15) is 5.69 Å². The summed E-state index contributed by atoms with van der Waals surface area (Å²) in [5.74, 6) is 0.0957. The molecule has 1 aliphatic carbocycles. The van der Waals surface area contributed by atoms with Crippen LogP contribution >= 0.6 is 0 Å². The van der Waals surface area contributed by atoms with Crippen LogP contribution in [0.1, 0.15) is 86.1 Å².